The van der Waals surface area contributed by atoms with E-state index in [1.165, 1.54) is 50.9 Å². The van der Waals surface area contributed by atoms with Crippen molar-refractivity contribution >= 4 is 5.96 Å². The van der Waals surface area contributed by atoms with E-state index in [0.717, 1.165) is 25.6 Å². The van der Waals surface area contributed by atoms with E-state index in [-0.39, 0.29) is 0 Å². The summed E-state index contributed by atoms with van der Waals surface area (Å²) < 4.78 is 0. The van der Waals surface area contributed by atoms with Crippen LogP contribution in [0.4, 0.5) is 0 Å². The molecule has 0 aliphatic carbocycles. The van der Waals surface area contributed by atoms with Crippen LogP contribution in [0.1, 0.15) is 52.0 Å². The molecule has 2 saturated heterocycles. The first-order valence-corrected chi connectivity index (χ1v) is 11.2. The quantitative estimate of drug-likeness (QED) is 0.559. The lowest BCUT2D eigenvalue weighted by atomic mass is 10.0. The van der Waals surface area contributed by atoms with Crippen LogP contribution in [0.25, 0.3) is 0 Å². The van der Waals surface area contributed by atoms with Crippen molar-refractivity contribution < 1.29 is 0 Å². The lowest BCUT2D eigenvalue weighted by Crippen LogP contribution is -2.50. The van der Waals surface area contributed by atoms with Crippen molar-refractivity contribution in [1.29, 1.82) is 0 Å². The third kappa shape index (κ3) is 6.21. The molecule has 0 radical (unpaired) electrons. The maximum absolute atomic E-state index is 4.97. The summed E-state index contributed by atoms with van der Waals surface area (Å²) in [5, 5.41) is 7.16. The van der Waals surface area contributed by atoms with Crippen molar-refractivity contribution in [1.82, 2.24) is 20.4 Å². The van der Waals surface area contributed by atoms with Crippen molar-refractivity contribution in [3.05, 3.63) is 35.9 Å². The average molecular weight is 386 g/mol. The Balaban J connectivity index is 1.52. The van der Waals surface area contributed by atoms with Gasteiger partial charge in [-0.1, -0.05) is 30.3 Å². The zero-order valence-corrected chi connectivity index (χ0v) is 18.0. The number of hydrogen-bond acceptors (Lipinski definition) is 3. The second kappa shape index (κ2) is 10.8. The molecule has 1 aromatic rings. The number of nitrogens with zero attached hydrogens (tertiary/aromatic N) is 3. The molecule has 1 unspecified atom stereocenters. The van der Waals surface area contributed by atoms with E-state index in [1.54, 1.807) is 0 Å². The molecule has 2 aliphatic rings. The highest BCUT2D eigenvalue weighted by atomic mass is 15.2. The normalized spacial score (nSPS) is 22.7. The molecule has 0 amide bonds. The van der Waals surface area contributed by atoms with Crippen molar-refractivity contribution in [3.8, 4) is 0 Å². The maximum atomic E-state index is 4.97. The predicted octanol–water partition coefficient (Wildman–Crippen LogP) is 3.08. The van der Waals surface area contributed by atoms with Crippen LogP contribution in [0.5, 0.6) is 0 Å². The summed E-state index contributed by atoms with van der Waals surface area (Å²) >= 11 is 0. The van der Waals surface area contributed by atoms with Gasteiger partial charge < -0.3 is 15.5 Å². The zero-order chi connectivity index (χ0) is 19.8. The first kappa shape index (κ1) is 21.1. The van der Waals surface area contributed by atoms with Crippen LogP contribution < -0.4 is 10.6 Å². The number of guanidine groups is 1. The molecule has 0 saturated carbocycles. The summed E-state index contributed by atoms with van der Waals surface area (Å²) in [5.41, 5.74) is 1.40. The van der Waals surface area contributed by atoms with Gasteiger partial charge in [0.25, 0.3) is 0 Å². The number of piperidine rings is 1. The molecule has 0 spiro atoms. The molecule has 2 aliphatic heterocycles. The predicted molar refractivity (Wildman–Crippen MR) is 119 cm³/mol. The minimum atomic E-state index is 0.539. The number of hydrogen-bond donors (Lipinski definition) is 2. The Kier molecular flexibility index (Phi) is 8.16. The molecular formula is C23H39N5. The molecule has 1 atom stereocenters. The van der Waals surface area contributed by atoms with Crippen LogP contribution in [0, 0.1) is 0 Å². The van der Waals surface area contributed by atoms with Gasteiger partial charge in [0, 0.05) is 44.3 Å². The van der Waals surface area contributed by atoms with E-state index in [2.05, 4.69) is 71.5 Å². The van der Waals surface area contributed by atoms with E-state index in [0.29, 0.717) is 18.1 Å². The molecule has 2 N–H and O–H groups in total. The molecule has 2 fully saturated rings. The second-order valence-corrected chi connectivity index (χ2v) is 8.52. The molecule has 156 valence electrons. The molecule has 0 aromatic heterocycles. The van der Waals surface area contributed by atoms with Crippen LogP contribution in [-0.2, 0) is 6.54 Å². The van der Waals surface area contributed by atoms with E-state index in [9.17, 15) is 0 Å². The van der Waals surface area contributed by atoms with E-state index < -0.39 is 0 Å². The fourth-order valence-corrected chi connectivity index (χ4v) is 4.40. The second-order valence-electron chi connectivity index (χ2n) is 8.52. The van der Waals surface area contributed by atoms with Crippen molar-refractivity contribution in [2.24, 2.45) is 4.99 Å². The van der Waals surface area contributed by atoms with Crippen molar-refractivity contribution in [2.45, 2.75) is 71.1 Å². The van der Waals surface area contributed by atoms with E-state index in [1.807, 2.05) is 0 Å². The molecule has 1 aromatic carbocycles. The van der Waals surface area contributed by atoms with Gasteiger partial charge in [-0.25, -0.2) is 0 Å². The number of rotatable bonds is 7. The Morgan fingerprint density at radius 1 is 1.11 bits per heavy atom. The third-order valence-corrected chi connectivity index (χ3v) is 6.13. The van der Waals surface area contributed by atoms with Crippen LogP contribution in [0.3, 0.4) is 0 Å². The summed E-state index contributed by atoms with van der Waals surface area (Å²) in [6.07, 6.45) is 4.94. The fraction of sp³-hybridized carbons (Fsp3) is 0.696. The largest absolute Gasteiger partial charge is 0.357 e. The number of likely N-dealkylation sites (tertiary alicyclic amines) is 2. The van der Waals surface area contributed by atoms with Gasteiger partial charge in [0.15, 0.2) is 5.96 Å². The summed E-state index contributed by atoms with van der Waals surface area (Å²) in [4.78, 5) is 10.1. The number of aliphatic imine (C=N–C) groups is 1. The minimum Gasteiger partial charge on any atom is -0.357 e. The Labute approximate surface area is 171 Å². The van der Waals surface area contributed by atoms with Gasteiger partial charge in [-0.2, -0.15) is 0 Å². The number of benzene rings is 1. The van der Waals surface area contributed by atoms with Gasteiger partial charge in [0.1, 0.15) is 0 Å². The highest BCUT2D eigenvalue weighted by Crippen LogP contribution is 2.20. The fourth-order valence-electron chi connectivity index (χ4n) is 4.40. The topological polar surface area (TPSA) is 42.9 Å². The molecule has 0 bridgehead atoms. The molecule has 28 heavy (non-hydrogen) atoms. The smallest absolute Gasteiger partial charge is 0.191 e. The highest BCUT2D eigenvalue weighted by Gasteiger charge is 2.25. The van der Waals surface area contributed by atoms with E-state index >= 15 is 0 Å². The molecule has 2 heterocycles. The summed E-state index contributed by atoms with van der Waals surface area (Å²) in [5.74, 6) is 0.997. The minimum absolute atomic E-state index is 0.539. The third-order valence-electron chi connectivity index (χ3n) is 6.13. The molecule has 5 nitrogen and oxygen atoms in total. The summed E-state index contributed by atoms with van der Waals surface area (Å²) in [6, 6.07) is 12.6. The first-order valence-electron chi connectivity index (χ1n) is 11.2. The summed E-state index contributed by atoms with van der Waals surface area (Å²) in [6.45, 7) is 13.1. The van der Waals surface area contributed by atoms with Gasteiger partial charge >= 0.3 is 0 Å². The lowest BCUT2D eigenvalue weighted by Gasteiger charge is -2.35. The Bertz CT molecular complexity index is 592. The SMILES string of the molecule is CCNC(=NCC1CCCN1Cc1ccccc1)NC1CCN(C(C)C)CC1. The van der Waals surface area contributed by atoms with E-state index in [4.69, 9.17) is 4.99 Å². The van der Waals surface area contributed by atoms with Crippen molar-refractivity contribution in [2.75, 3.05) is 32.7 Å². The van der Waals surface area contributed by atoms with Gasteiger partial charge in [-0.15, -0.1) is 0 Å². The van der Waals surface area contributed by atoms with Gasteiger partial charge in [-0.05, 0) is 58.6 Å². The van der Waals surface area contributed by atoms with Gasteiger partial charge in [0.05, 0.1) is 6.54 Å². The Morgan fingerprint density at radius 3 is 2.54 bits per heavy atom. The molecule has 3 rings (SSSR count). The molecule has 5 heteroatoms. The Hall–Kier alpha value is -1.59. The summed E-state index contributed by atoms with van der Waals surface area (Å²) in [7, 11) is 0. The van der Waals surface area contributed by atoms with Crippen molar-refractivity contribution in [3.63, 3.8) is 0 Å². The first-order chi connectivity index (χ1) is 13.7. The lowest BCUT2D eigenvalue weighted by molar-refractivity contribution is 0.167. The maximum Gasteiger partial charge on any atom is 0.191 e. The van der Waals surface area contributed by atoms with Crippen LogP contribution in [0.2, 0.25) is 0 Å². The highest BCUT2D eigenvalue weighted by molar-refractivity contribution is 5.80. The Morgan fingerprint density at radius 2 is 1.86 bits per heavy atom. The average Bonchev–Trinajstić information content (AvgIpc) is 3.14. The van der Waals surface area contributed by atoms with Crippen LogP contribution in [-0.4, -0.2) is 66.6 Å². The monoisotopic (exact) mass is 385 g/mol. The van der Waals surface area contributed by atoms with Gasteiger partial charge in [-0.3, -0.25) is 9.89 Å². The molecular weight excluding hydrogens is 346 g/mol. The zero-order valence-electron chi connectivity index (χ0n) is 18.0. The standard InChI is InChI=1S/C23H39N5/c1-4-24-23(26-21-12-15-27(16-13-21)19(2)3)25-17-22-11-8-14-28(22)18-20-9-6-5-7-10-20/h5-7,9-10,19,21-22H,4,8,11-18H2,1-3H3,(H2,24,25,26). The van der Waals surface area contributed by atoms with Crippen LogP contribution >= 0.6 is 0 Å². The number of nitrogens with one attached hydrogen (secondary N) is 2. The van der Waals surface area contributed by atoms with Gasteiger partial charge in [0.2, 0.25) is 0 Å². The van der Waals surface area contributed by atoms with Crippen LogP contribution in [0.15, 0.2) is 35.3 Å².